The van der Waals surface area contributed by atoms with Gasteiger partial charge in [-0.2, -0.15) is 0 Å². The van der Waals surface area contributed by atoms with Gasteiger partial charge in [0.05, 0.1) is 33.8 Å². The van der Waals surface area contributed by atoms with Gasteiger partial charge < -0.3 is 10.8 Å². The number of benzene rings is 2. The first-order valence-corrected chi connectivity index (χ1v) is 13.2. The van der Waals surface area contributed by atoms with E-state index < -0.39 is 5.60 Å². The van der Waals surface area contributed by atoms with Crippen LogP contribution < -0.4 is 5.73 Å². The maximum absolute atomic E-state index is 10.3. The molecule has 0 bridgehead atoms. The lowest BCUT2D eigenvalue weighted by Crippen LogP contribution is -2.18. The fourth-order valence-corrected chi connectivity index (χ4v) is 4.92. The number of rotatable bonds is 6. The number of aliphatic hydroxyl groups is 1. The van der Waals surface area contributed by atoms with E-state index in [0.29, 0.717) is 39.9 Å². The summed E-state index contributed by atoms with van der Waals surface area (Å²) in [6.45, 7) is 3.42. The van der Waals surface area contributed by atoms with E-state index in [-0.39, 0.29) is 12.0 Å². The van der Waals surface area contributed by atoms with Gasteiger partial charge in [-0.05, 0) is 44.2 Å². The molecule has 3 aromatic heterocycles. The van der Waals surface area contributed by atoms with E-state index in [1.165, 1.54) is 0 Å². The van der Waals surface area contributed by atoms with Gasteiger partial charge in [0, 0.05) is 34.8 Å². The number of hydrogen-bond acceptors (Lipinski definition) is 8. The van der Waals surface area contributed by atoms with E-state index in [1.54, 1.807) is 32.3 Å². The van der Waals surface area contributed by atoms with Gasteiger partial charge in [-0.25, -0.2) is 9.97 Å². The number of aliphatic imine (C=N–C) groups is 2. The van der Waals surface area contributed by atoms with Gasteiger partial charge in [0.15, 0.2) is 5.82 Å². The van der Waals surface area contributed by atoms with Crippen molar-refractivity contribution in [1.29, 1.82) is 0 Å². The smallest absolute Gasteiger partial charge is 0.152 e. The van der Waals surface area contributed by atoms with E-state index in [1.807, 2.05) is 66.7 Å². The molecule has 3 N–H and O–H groups in total. The minimum Gasteiger partial charge on any atom is -0.384 e. The molecule has 0 saturated carbocycles. The number of nitrogens with two attached hydrogens (primary N) is 1. The zero-order valence-electron chi connectivity index (χ0n) is 22.0. The minimum atomic E-state index is -1.04. The minimum absolute atomic E-state index is 0.254. The van der Waals surface area contributed by atoms with E-state index in [4.69, 9.17) is 32.3 Å². The van der Waals surface area contributed by atoms with Crippen molar-refractivity contribution in [3.05, 3.63) is 101 Å². The molecule has 5 aromatic rings. The molecule has 8 nitrogen and oxygen atoms in total. The lowest BCUT2D eigenvalue weighted by molar-refractivity contribution is 0.0736. The molecule has 198 valence electrons. The Hall–Kier alpha value is -4.53. The Bertz CT molecular complexity index is 1800. The van der Waals surface area contributed by atoms with Crippen LogP contribution in [0.2, 0.25) is 5.02 Å². The van der Waals surface area contributed by atoms with Crippen molar-refractivity contribution < 1.29 is 5.11 Å². The Morgan fingerprint density at radius 1 is 0.875 bits per heavy atom. The summed E-state index contributed by atoms with van der Waals surface area (Å²) in [4.78, 5) is 28.2. The molecule has 1 unspecified atom stereocenters. The summed E-state index contributed by atoms with van der Waals surface area (Å²) in [6, 6.07) is 23.0. The number of anilines is 1. The number of fused-ring (bicyclic) bond motifs is 1. The van der Waals surface area contributed by atoms with Crippen molar-refractivity contribution in [3.63, 3.8) is 0 Å². The summed E-state index contributed by atoms with van der Waals surface area (Å²) in [5.74, 6) is 0.254. The molecule has 0 spiro atoms. The number of halogens is 1. The molecule has 1 aliphatic heterocycles. The maximum Gasteiger partial charge on any atom is 0.152 e. The summed E-state index contributed by atoms with van der Waals surface area (Å²) in [7, 11) is 0. The molecule has 0 fully saturated rings. The van der Waals surface area contributed by atoms with Crippen LogP contribution in [0.3, 0.4) is 0 Å². The summed E-state index contributed by atoms with van der Waals surface area (Å²) in [6.07, 6.45) is 3.47. The third-order valence-corrected chi connectivity index (χ3v) is 6.91. The molecule has 40 heavy (non-hydrogen) atoms. The zero-order valence-corrected chi connectivity index (χ0v) is 22.7. The van der Waals surface area contributed by atoms with E-state index >= 15 is 0 Å². The standard InChI is InChI=1S/C31H26ClN7O/c1-31(2,40)24-12-6-11-21(36-24)16-25-35-17-23(37-25)29-30(33)39-27(18-8-4-3-5-9-18)28(38-29)20-14-19-10-7-13-34-26(19)22(32)15-20/h3-15,17,25,40H,16H2,1-2H3,(H2,33,39). The van der Waals surface area contributed by atoms with Gasteiger partial charge in [-0.15, -0.1) is 0 Å². The van der Waals surface area contributed by atoms with Gasteiger partial charge >= 0.3 is 0 Å². The van der Waals surface area contributed by atoms with Crippen LogP contribution in [-0.4, -0.2) is 43.1 Å². The second-order valence-corrected chi connectivity index (χ2v) is 10.5. The fraction of sp³-hybridized carbons (Fsp3) is 0.161. The Morgan fingerprint density at radius 3 is 2.48 bits per heavy atom. The Morgan fingerprint density at radius 2 is 1.68 bits per heavy atom. The topological polar surface area (TPSA) is 123 Å². The van der Waals surface area contributed by atoms with Crippen LogP contribution in [0.15, 0.2) is 89.0 Å². The molecule has 1 aliphatic rings. The Balaban J connectivity index is 1.42. The molecule has 0 aliphatic carbocycles. The second kappa shape index (κ2) is 10.2. The number of pyridine rings is 2. The average Bonchev–Trinajstić information content (AvgIpc) is 3.41. The number of aromatic nitrogens is 4. The van der Waals surface area contributed by atoms with Gasteiger partial charge in [-0.3, -0.25) is 20.0 Å². The number of nitrogens with zero attached hydrogens (tertiary/aromatic N) is 6. The zero-order chi connectivity index (χ0) is 27.9. The number of nitrogen functional groups attached to an aromatic ring is 1. The van der Waals surface area contributed by atoms with Crippen LogP contribution in [-0.2, 0) is 12.0 Å². The average molecular weight is 548 g/mol. The van der Waals surface area contributed by atoms with Crippen molar-refractivity contribution in [2.45, 2.75) is 32.0 Å². The predicted molar refractivity (Wildman–Crippen MR) is 160 cm³/mol. The lowest BCUT2D eigenvalue weighted by atomic mass is 10.0. The van der Waals surface area contributed by atoms with Gasteiger partial charge in [0.25, 0.3) is 0 Å². The SMILES string of the molecule is CC(C)(O)c1cccc(CC2N=CC(c3nc(-c4cc(Cl)c5ncccc5c4)c(-c4ccccc4)nc3N)=N2)n1. The van der Waals surface area contributed by atoms with Crippen LogP contribution in [0.1, 0.15) is 30.9 Å². The van der Waals surface area contributed by atoms with Crippen molar-refractivity contribution in [2.24, 2.45) is 9.98 Å². The normalized spacial score (nSPS) is 15.0. The Kier molecular flexibility index (Phi) is 6.57. The molecular weight excluding hydrogens is 522 g/mol. The summed E-state index contributed by atoms with van der Waals surface area (Å²) < 4.78 is 0. The highest BCUT2D eigenvalue weighted by Crippen LogP contribution is 2.35. The highest BCUT2D eigenvalue weighted by molar-refractivity contribution is 6.40. The van der Waals surface area contributed by atoms with Gasteiger partial charge in [-0.1, -0.05) is 54.1 Å². The summed E-state index contributed by atoms with van der Waals surface area (Å²) in [5, 5.41) is 11.7. The van der Waals surface area contributed by atoms with Crippen LogP contribution >= 0.6 is 11.6 Å². The van der Waals surface area contributed by atoms with Crippen molar-refractivity contribution in [1.82, 2.24) is 19.9 Å². The first-order chi connectivity index (χ1) is 19.3. The van der Waals surface area contributed by atoms with Gasteiger partial charge in [0.2, 0.25) is 0 Å². The maximum atomic E-state index is 10.3. The fourth-order valence-electron chi connectivity index (χ4n) is 4.65. The molecule has 6 rings (SSSR count). The third kappa shape index (κ3) is 5.06. The highest BCUT2D eigenvalue weighted by atomic mass is 35.5. The first-order valence-electron chi connectivity index (χ1n) is 12.8. The molecular formula is C31H26ClN7O. The number of hydrogen-bond donors (Lipinski definition) is 2. The van der Waals surface area contributed by atoms with Crippen LogP contribution in [0.25, 0.3) is 33.4 Å². The van der Waals surface area contributed by atoms with Crippen molar-refractivity contribution >= 4 is 40.2 Å². The lowest BCUT2D eigenvalue weighted by Gasteiger charge is -2.17. The quantitative estimate of drug-likeness (QED) is 0.283. The molecule has 4 heterocycles. The van der Waals surface area contributed by atoms with E-state index in [2.05, 4.69) is 15.0 Å². The molecule has 9 heteroatoms. The van der Waals surface area contributed by atoms with E-state index in [0.717, 1.165) is 27.7 Å². The molecule has 1 atom stereocenters. The largest absolute Gasteiger partial charge is 0.384 e. The molecule has 0 saturated heterocycles. The van der Waals surface area contributed by atoms with Crippen LogP contribution in [0, 0.1) is 0 Å². The predicted octanol–water partition coefficient (Wildman–Crippen LogP) is 5.66. The Labute approximate surface area is 236 Å². The van der Waals surface area contributed by atoms with Crippen molar-refractivity contribution in [2.75, 3.05) is 5.73 Å². The molecule has 0 amide bonds. The second-order valence-electron chi connectivity index (χ2n) is 10.1. The molecule has 2 aromatic carbocycles. The van der Waals surface area contributed by atoms with Gasteiger partial charge in [0.1, 0.15) is 23.2 Å². The highest BCUT2D eigenvalue weighted by Gasteiger charge is 2.23. The summed E-state index contributed by atoms with van der Waals surface area (Å²) in [5.41, 5.74) is 11.5. The van der Waals surface area contributed by atoms with Crippen molar-refractivity contribution in [3.8, 4) is 22.5 Å². The monoisotopic (exact) mass is 547 g/mol. The third-order valence-electron chi connectivity index (χ3n) is 6.63. The van der Waals surface area contributed by atoms with Crippen LogP contribution in [0.4, 0.5) is 5.82 Å². The molecule has 0 radical (unpaired) electrons. The first kappa shape index (κ1) is 25.7. The van der Waals surface area contributed by atoms with Crippen LogP contribution in [0.5, 0.6) is 0 Å². The summed E-state index contributed by atoms with van der Waals surface area (Å²) >= 11 is 6.64. The van der Waals surface area contributed by atoms with E-state index in [9.17, 15) is 5.11 Å².